The van der Waals surface area contributed by atoms with Crippen LogP contribution in [0.1, 0.15) is 0 Å². The Balaban J connectivity index is 1.24. The molecule has 3 nitrogen and oxygen atoms in total. The summed E-state index contributed by atoms with van der Waals surface area (Å²) in [4.78, 5) is 10.0. The topological polar surface area (TPSA) is 30.7 Å². The number of thiazole rings is 2. The average molecular weight is 662 g/mol. The molecule has 10 rings (SSSR count). The highest BCUT2D eigenvalue weighted by atomic mass is 32.1. The first-order chi connectivity index (χ1) is 24.3. The molecular weight excluding hydrogens is 635 g/mol. The molecule has 0 amide bonds. The quantitative estimate of drug-likeness (QED) is 0.184. The van der Waals surface area contributed by atoms with Gasteiger partial charge in [-0.2, -0.15) is 0 Å². The number of nitrogens with zero attached hydrogens (tertiary/aromatic N) is 3. The van der Waals surface area contributed by atoms with Crippen LogP contribution in [0, 0.1) is 0 Å². The first-order valence-corrected chi connectivity index (χ1v) is 18.0. The molecule has 0 saturated heterocycles. The molecule has 0 saturated carbocycles. The molecule has 0 fully saturated rings. The van der Waals surface area contributed by atoms with Gasteiger partial charge in [-0.1, -0.05) is 91.0 Å². The molecule has 7 aromatic carbocycles. The van der Waals surface area contributed by atoms with Crippen LogP contribution in [0.4, 0.5) is 0 Å². The molecule has 10 aromatic rings. The van der Waals surface area contributed by atoms with Crippen molar-refractivity contribution in [3.63, 3.8) is 0 Å². The predicted molar refractivity (Wildman–Crippen MR) is 209 cm³/mol. The van der Waals surface area contributed by atoms with E-state index < -0.39 is 0 Å². The second-order valence-corrected chi connectivity index (χ2v) is 14.3. The third-order valence-corrected chi connectivity index (χ3v) is 11.4. The summed E-state index contributed by atoms with van der Waals surface area (Å²) in [7, 11) is 0. The molecule has 0 aliphatic heterocycles. The van der Waals surface area contributed by atoms with Gasteiger partial charge in [-0.05, 0) is 89.5 Å². The fourth-order valence-electron chi connectivity index (χ4n) is 6.93. The Morgan fingerprint density at radius 2 is 0.878 bits per heavy atom. The monoisotopic (exact) mass is 661 g/mol. The van der Waals surface area contributed by atoms with E-state index in [1.54, 1.807) is 22.7 Å². The van der Waals surface area contributed by atoms with Crippen LogP contribution in [0.2, 0.25) is 0 Å². The molecule has 0 N–H and O–H groups in total. The van der Waals surface area contributed by atoms with Crippen LogP contribution in [0.25, 0.3) is 91.3 Å². The number of benzene rings is 7. The van der Waals surface area contributed by atoms with Crippen LogP contribution in [0.5, 0.6) is 0 Å². The zero-order valence-corrected chi connectivity index (χ0v) is 27.9. The zero-order valence-electron chi connectivity index (χ0n) is 26.2. The van der Waals surface area contributed by atoms with E-state index in [-0.39, 0.29) is 0 Å². The van der Waals surface area contributed by atoms with E-state index in [9.17, 15) is 0 Å². The maximum atomic E-state index is 5.02. The molecule has 5 heteroatoms. The Kier molecular flexibility index (Phi) is 6.54. The van der Waals surface area contributed by atoms with Crippen molar-refractivity contribution in [1.82, 2.24) is 14.5 Å². The van der Waals surface area contributed by atoms with Crippen molar-refractivity contribution < 1.29 is 0 Å². The maximum absolute atomic E-state index is 5.02. The Morgan fingerprint density at radius 1 is 0.388 bits per heavy atom. The minimum Gasteiger partial charge on any atom is -0.309 e. The van der Waals surface area contributed by atoms with Crippen LogP contribution in [-0.4, -0.2) is 14.5 Å². The first kappa shape index (κ1) is 28.2. The second kappa shape index (κ2) is 11.4. The molecule has 3 heterocycles. The minimum atomic E-state index is 1.03. The summed E-state index contributed by atoms with van der Waals surface area (Å²) in [6.45, 7) is 0. The van der Waals surface area contributed by atoms with Gasteiger partial charge in [-0.25, -0.2) is 9.97 Å². The summed E-state index contributed by atoms with van der Waals surface area (Å²) in [6, 6.07) is 58.6. The highest BCUT2D eigenvalue weighted by Gasteiger charge is 2.19. The van der Waals surface area contributed by atoms with Gasteiger partial charge < -0.3 is 4.57 Å². The number of aromatic nitrogens is 3. The Hall–Kier alpha value is -5.88. The van der Waals surface area contributed by atoms with Gasteiger partial charge in [-0.3, -0.25) is 0 Å². The van der Waals surface area contributed by atoms with Gasteiger partial charge in [0, 0.05) is 27.5 Å². The third-order valence-electron chi connectivity index (χ3n) is 9.28. The lowest BCUT2D eigenvalue weighted by atomic mass is 9.97. The molecule has 3 aromatic heterocycles. The van der Waals surface area contributed by atoms with Gasteiger partial charge in [0.15, 0.2) is 0 Å². The van der Waals surface area contributed by atoms with Gasteiger partial charge in [0.05, 0.1) is 37.2 Å². The normalized spacial score (nSPS) is 11.7. The van der Waals surface area contributed by atoms with Crippen LogP contribution >= 0.6 is 22.7 Å². The van der Waals surface area contributed by atoms with Gasteiger partial charge in [-0.15, -0.1) is 22.7 Å². The largest absolute Gasteiger partial charge is 0.309 e. The summed E-state index contributed by atoms with van der Waals surface area (Å²) in [5, 5.41) is 4.45. The SMILES string of the molecule is c1ccc(-c2ccc(-n3c4ccc(-c5nc6ccccc6s5)cc4c4cc(-c5nc6ccccc6s5)ccc43)c(-c3ccccc3)c2)cc1. The van der Waals surface area contributed by atoms with Crippen LogP contribution < -0.4 is 0 Å². The summed E-state index contributed by atoms with van der Waals surface area (Å²) in [5.74, 6) is 0. The van der Waals surface area contributed by atoms with E-state index in [4.69, 9.17) is 9.97 Å². The molecule has 49 heavy (non-hydrogen) atoms. The fourth-order valence-corrected chi connectivity index (χ4v) is 8.85. The van der Waals surface area contributed by atoms with Crippen molar-refractivity contribution in [2.24, 2.45) is 0 Å². The molecule has 0 radical (unpaired) electrons. The van der Waals surface area contributed by atoms with E-state index in [1.165, 1.54) is 42.4 Å². The molecule has 0 spiro atoms. The van der Waals surface area contributed by atoms with Gasteiger partial charge in [0.1, 0.15) is 10.0 Å². The summed E-state index contributed by atoms with van der Waals surface area (Å²) < 4.78 is 4.83. The number of para-hydroxylation sites is 2. The van der Waals surface area contributed by atoms with Crippen LogP contribution in [0.3, 0.4) is 0 Å². The van der Waals surface area contributed by atoms with Crippen molar-refractivity contribution in [1.29, 1.82) is 0 Å². The summed E-state index contributed by atoms with van der Waals surface area (Å²) in [5.41, 5.74) is 12.6. The number of hydrogen-bond donors (Lipinski definition) is 0. The van der Waals surface area contributed by atoms with Crippen molar-refractivity contribution in [3.8, 4) is 49.1 Å². The number of fused-ring (bicyclic) bond motifs is 5. The van der Waals surface area contributed by atoms with Crippen molar-refractivity contribution in [2.45, 2.75) is 0 Å². The molecular formula is C44H27N3S2. The molecule has 0 aliphatic rings. The Labute approximate surface area is 291 Å². The average Bonchev–Trinajstić information content (AvgIpc) is 3.89. The highest BCUT2D eigenvalue weighted by molar-refractivity contribution is 7.22. The van der Waals surface area contributed by atoms with Crippen LogP contribution in [0.15, 0.2) is 164 Å². The zero-order chi connectivity index (χ0) is 32.3. The van der Waals surface area contributed by atoms with E-state index in [0.29, 0.717) is 0 Å². The molecule has 0 bridgehead atoms. The second-order valence-electron chi connectivity index (χ2n) is 12.2. The molecule has 230 valence electrons. The van der Waals surface area contributed by atoms with Crippen molar-refractivity contribution in [2.75, 3.05) is 0 Å². The fraction of sp³-hybridized carbons (Fsp3) is 0. The standard InChI is InChI=1S/C44H27N3S2/c1-3-11-28(12-4-1)30-19-22-38(33(25-30)29-13-5-2-6-14-29)47-39-23-20-31(43-45-36-15-7-9-17-41(36)48-43)26-34(39)35-27-32(21-24-40(35)47)44-46-37-16-8-10-18-42(37)49-44/h1-27H. The summed E-state index contributed by atoms with van der Waals surface area (Å²) in [6.07, 6.45) is 0. The lowest BCUT2D eigenvalue weighted by Gasteiger charge is -2.16. The smallest absolute Gasteiger partial charge is 0.124 e. The number of rotatable bonds is 5. The van der Waals surface area contributed by atoms with Crippen molar-refractivity contribution in [3.05, 3.63) is 164 Å². The van der Waals surface area contributed by atoms with Crippen molar-refractivity contribution >= 4 is 64.9 Å². The molecule has 0 aliphatic carbocycles. The van der Waals surface area contributed by atoms with E-state index >= 15 is 0 Å². The van der Waals surface area contributed by atoms with E-state index in [1.807, 2.05) is 0 Å². The Morgan fingerprint density at radius 3 is 1.43 bits per heavy atom. The lowest BCUT2D eigenvalue weighted by Crippen LogP contribution is -1.98. The van der Waals surface area contributed by atoms with E-state index in [0.717, 1.165) is 48.9 Å². The van der Waals surface area contributed by atoms with E-state index in [2.05, 4.69) is 168 Å². The first-order valence-electron chi connectivity index (χ1n) is 16.3. The summed E-state index contributed by atoms with van der Waals surface area (Å²) >= 11 is 3.49. The van der Waals surface area contributed by atoms with Gasteiger partial charge in [0.2, 0.25) is 0 Å². The highest BCUT2D eigenvalue weighted by Crippen LogP contribution is 2.42. The van der Waals surface area contributed by atoms with Gasteiger partial charge in [0.25, 0.3) is 0 Å². The van der Waals surface area contributed by atoms with Gasteiger partial charge >= 0.3 is 0 Å². The third kappa shape index (κ3) is 4.78. The minimum absolute atomic E-state index is 1.03. The predicted octanol–water partition coefficient (Wildman–Crippen LogP) is 12.7. The number of hydrogen-bond acceptors (Lipinski definition) is 4. The maximum Gasteiger partial charge on any atom is 0.124 e. The molecule has 0 unspecified atom stereocenters. The van der Waals surface area contributed by atoms with Crippen LogP contribution in [-0.2, 0) is 0 Å². The lowest BCUT2D eigenvalue weighted by molar-refractivity contribution is 1.18. The Bertz CT molecular complexity index is 2630. The molecule has 0 atom stereocenters.